The van der Waals surface area contributed by atoms with Crippen LogP contribution in [0.15, 0.2) is 66.7 Å². The van der Waals surface area contributed by atoms with Crippen LogP contribution in [0.2, 0.25) is 0 Å². The van der Waals surface area contributed by atoms with E-state index in [1.807, 2.05) is 30.3 Å². The molecule has 0 radical (unpaired) electrons. The van der Waals surface area contributed by atoms with Gasteiger partial charge in [-0.1, -0.05) is 48.5 Å². The molecule has 0 saturated heterocycles. The topological polar surface area (TPSA) is 30.5 Å². The van der Waals surface area contributed by atoms with Crippen LogP contribution in [0.25, 0.3) is 10.8 Å². The first-order chi connectivity index (χ1) is 12.9. The summed E-state index contributed by atoms with van der Waals surface area (Å²) in [5.74, 6) is 2.69. The predicted octanol–water partition coefficient (Wildman–Crippen LogP) is 4.80. The Bertz CT molecular complexity index is 843. The number of hydrogen-bond donors (Lipinski definition) is 1. The van der Waals surface area contributed by atoms with Crippen LogP contribution in [-0.2, 0) is 6.54 Å². The molecular formula is C23H25NO2. The molecule has 3 aromatic rings. The molecule has 0 amide bonds. The summed E-state index contributed by atoms with van der Waals surface area (Å²) in [6.45, 7) is 3.00. The van der Waals surface area contributed by atoms with Gasteiger partial charge in [-0.05, 0) is 54.3 Å². The Morgan fingerprint density at radius 1 is 0.808 bits per heavy atom. The minimum absolute atomic E-state index is 0.531. The van der Waals surface area contributed by atoms with Crippen molar-refractivity contribution in [3.8, 4) is 11.5 Å². The zero-order chi connectivity index (χ0) is 17.6. The summed E-state index contributed by atoms with van der Waals surface area (Å²) in [6, 6.07) is 22.6. The van der Waals surface area contributed by atoms with Crippen LogP contribution in [0, 0.1) is 5.92 Å². The summed E-state index contributed by atoms with van der Waals surface area (Å²) in [5.41, 5.74) is 1.24. The summed E-state index contributed by atoms with van der Waals surface area (Å²) >= 11 is 0. The van der Waals surface area contributed by atoms with Crippen LogP contribution in [0.4, 0.5) is 0 Å². The fourth-order valence-electron chi connectivity index (χ4n) is 3.18. The zero-order valence-corrected chi connectivity index (χ0v) is 15.0. The molecule has 1 aliphatic carbocycles. The second kappa shape index (κ2) is 8.24. The molecule has 0 unspecified atom stereocenters. The van der Waals surface area contributed by atoms with Gasteiger partial charge in [-0.2, -0.15) is 0 Å². The molecule has 1 aliphatic rings. The third kappa shape index (κ3) is 4.36. The lowest BCUT2D eigenvalue weighted by atomic mass is 10.0. The smallest absolute Gasteiger partial charge is 0.124 e. The van der Waals surface area contributed by atoms with E-state index in [4.69, 9.17) is 9.47 Å². The highest BCUT2D eigenvalue weighted by molar-refractivity contribution is 5.87. The Balaban J connectivity index is 1.42. The van der Waals surface area contributed by atoms with Crippen molar-refractivity contribution in [1.29, 1.82) is 0 Å². The molecule has 26 heavy (non-hydrogen) atoms. The van der Waals surface area contributed by atoms with Gasteiger partial charge in [-0.15, -0.1) is 0 Å². The predicted molar refractivity (Wildman–Crippen MR) is 106 cm³/mol. The summed E-state index contributed by atoms with van der Waals surface area (Å²) in [7, 11) is 0. The van der Waals surface area contributed by atoms with Crippen molar-refractivity contribution in [2.45, 2.75) is 19.4 Å². The van der Waals surface area contributed by atoms with Gasteiger partial charge in [0.2, 0.25) is 0 Å². The Morgan fingerprint density at radius 2 is 1.58 bits per heavy atom. The number of rotatable bonds is 9. The van der Waals surface area contributed by atoms with Crippen molar-refractivity contribution >= 4 is 10.8 Å². The van der Waals surface area contributed by atoms with E-state index in [9.17, 15) is 0 Å². The number of fused-ring (bicyclic) bond motifs is 1. The van der Waals surface area contributed by atoms with Gasteiger partial charge in [0.1, 0.15) is 24.7 Å². The van der Waals surface area contributed by atoms with Crippen LogP contribution in [0.1, 0.15) is 18.4 Å². The maximum Gasteiger partial charge on any atom is 0.124 e. The lowest BCUT2D eigenvalue weighted by molar-refractivity contribution is 0.216. The maximum absolute atomic E-state index is 6.08. The van der Waals surface area contributed by atoms with E-state index in [1.165, 1.54) is 29.2 Å². The van der Waals surface area contributed by atoms with E-state index in [0.29, 0.717) is 13.2 Å². The van der Waals surface area contributed by atoms with Crippen LogP contribution < -0.4 is 14.8 Å². The van der Waals surface area contributed by atoms with Crippen LogP contribution >= 0.6 is 0 Å². The molecule has 4 rings (SSSR count). The lowest BCUT2D eigenvalue weighted by Crippen LogP contribution is -2.18. The zero-order valence-electron chi connectivity index (χ0n) is 15.0. The Kier molecular flexibility index (Phi) is 5.36. The molecule has 3 nitrogen and oxygen atoms in total. The second-order valence-electron chi connectivity index (χ2n) is 6.85. The second-order valence-corrected chi connectivity index (χ2v) is 6.85. The quantitative estimate of drug-likeness (QED) is 0.564. The van der Waals surface area contributed by atoms with E-state index < -0.39 is 0 Å². The normalized spacial score (nSPS) is 13.7. The summed E-state index contributed by atoms with van der Waals surface area (Å²) in [5, 5.41) is 6.12. The number of para-hydroxylation sites is 1. The Labute approximate surface area is 154 Å². The molecule has 134 valence electrons. The molecule has 1 saturated carbocycles. The standard InChI is InChI=1S/C23H25NO2/c1-2-7-20(8-3-1)25-14-15-26-23-13-12-19-6-4-5-9-21(19)22(23)17-24-16-18-10-11-18/h1-9,12-13,18,24H,10-11,14-17H2. The highest BCUT2D eigenvalue weighted by atomic mass is 16.5. The molecule has 1 N–H and O–H groups in total. The largest absolute Gasteiger partial charge is 0.490 e. The molecule has 0 aromatic heterocycles. The molecule has 3 aromatic carbocycles. The Hall–Kier alpha value is -2.52. The average Bonchev–Trinajstić information content (AvgIpc) is 3.51. The van der Waals surface area contributed by atoms with Gasteiger partial charge in [0.25, 0.3) is 0 Å². The number of hydrogen-bond acceptors (Lipinski definition) is 3. The van der Waals surface area contributed by atoms with Gasteiger partial charge in [0.15, 0.2) is 0 Å². The third-order valence-electron chi connectivity index (χ3n) is 4.78. The van der Waals surface area contributed by atoms with Gasteiger partial charge in [-0.3, -0.25) is 0 Å². The van der Waals surface area contributed by atoms with E-state index in [0.717, 1.165) is 30.5 Å². The monoisotopic (exact) mass is 347 g/mol. The molecular weight excluding hydrogens is 322 g/mol. The van der Waals surface area contributed by atoms with E-state index >= 15 is 0 Å². The van der Waals surface area contributed by atoms with Crippen molar-refractivity contribution in [3.05, 3.63) is 72.3 Å². The van der Waals surface area contributed by atoms with Gasteiger partial charge >= 0.3 is 0 Å². The molecule has 1 fully saturated rings. The number of ether oxygens (including phenoxy) is 2. The van der Waals surface area contributed by atoms with Gasteiger partial charge < -0.3 is 14.8 Å². The van der Waals surface area contributed by atoms with E-state index in [1.54, 1.807) is 0 Å². The fourth-order valence-corrected chi connectivity index (χ4v) is 3.18. The molecule has 0 bridgehead atoms. The van der Waals surface area contributed by atoms with Crippen molar-refractivity contribution < 1.29 is 9.47 Å². The van der Waals surface area contributed by atoms with Crippen molar-refractivity contribution in [2.75, 3.05) is 19.8 Å². The molecule has 0 aliphatic heterocycles. The first-order valence-corrected chi connectivity index (χ1v) is 9.42. The first kappa shape index (κ1) is 16.9. The van der Waals surface area contributed by atoms with E-state index in [2.05, 4.69) is 41.7 Å². The highest BCUT2D eigenvalue weighted by Crippen LogP contribution is 2.30. The third-order valence-corrected chi connectivity index (χ3v) is 4.78. The maximum atomic E-state index is 6.08. The van der Waals surface area contributed by atoms with Gasteiger partial charge in [0.05, 0.1) is 0 Å². The summed E-state index contributed by atoms with van der Waals surface area (Å²) in [6.07, 6.45) is 2.73. The van der Waals surface area contributed by atoms with Crippen molar-refractivity contribution in [2.24, 2.45) is 5.92 Å². The van der Waals surface area contributed by atoms with Crippen molar-refractivity contribution in [1.82, 2.24) is 5.32 Å². The van der Waals surface area contributed by atoms with Crippen LogP contribution in [-0.4, -0.2) is 19.8 Å². The van der Waals surface area contributed by atoms with Crippen LogP contribution in [0.5, 0.6) is 11.5 Å². The SMILES string of the molecule is c1ccc(OCCOc2ccc3ccccc3c2CNCC2CC2)cc1. The Morgan fingerprint density at radius 3 is 2.42 bits per heavy atom. The number of nitrogens with one attached hydrogen (secondary N) is 1. The van der Waals surface area contributed by atoms with Crippen molar-refractivity contribution in [3.63, 3.8) is 0 Å². The molecule has 0 atom stereocenters. The minimum Gasteiger partial charge on any atom is -0.490 e. The lowest BCUT2D eigenvalue weighted by Gasteiger charge is -2.15. The number of benzene rings is 3. The summed E-state index contributed by atoms with van der Waals surface area (Å²) in [4.78, 5) is 0. The van der Waals surface area contributed by atoms with E-state index in [-0.39, 0.29) is 0 Å². The minimum atomic E-state index is 0.531. The fraction of sp³-hybridized carbons (Fsp3) is 0.304. The highest BCUT2D eigenvalue weighted by Gasteiger charge is 2.20. The first-order valence-electron chi connectivity index (χ1n) is 9.42. The summed E-state index contributed by atoms with van der Waals surface area (Å²) < 4.78 is 11.8. The van der Waals surface area contributed by atoms with Gasteiger partial charge in [-0.25, -0.2) is 0 Å². The average molecular weight is 347 g/mol. The molecule has 3 heteroatoms. The van der Waals surface area contributed by atoms with Crippen LogP contribution in [0.3, 0.4) is 0 Å². The molecule has 0 spiro atoms. The molecule has 0 heterocycles. The van der Waals surface area contributed by atoms with Gasteiger partial charge in [0, 0.05) is 12.1 Å².